The maximum absolute atomic E-state index is 12.6. The van der Waals surface area contributed by atoms with Crippen molar-refractivity contribution in [3.63, 3.8) is 0 Å². The quantitative estimate of drug-likeness (QED) is 0.822. The summed E-state index contributed by atoms with van der Waals surface area (Å²) in [5.74, 6) is 0.194. The molecule has 0 saturated carbocycles. The fourth-order valence-electron chi connectivity index (χ4n) is 4.45. The third kappa shape index (κ3) is 4.08. The van der Waals surface area contributed by atoms with Gasteiger partial charge in [0.1, 0.15) is 6.10 Å². The molecule has 4 heterocycles. The Morgan fingerprint density at radius 1 is 1.27 bits per heavy atom. The van der Waals surface area contributed by atoms with Gasteiger partial charge in [0.05, 0.1) is 13.2 Å². The number of nitrogens with zero attached hydrogens (tertiary/aromatic N) is 3. The Bertz CT molecular complexity index is 596. The van der Waals surface area contributed by atoms with Gasteiger partial charge < -0.3 is 14.4 Å². The predicted octanol–water partition coefficient (Wildman–Crippen LogP) is 1.70. The zero-order valence-electron chi connectivity index (χ0n) is 15.4. The van der Waals surface area contributed by atoms with E-state index in [4.69, 9.17) is 9.47 Å². The smallest absolute Gasteiger partial charge is 0.251 e. The maximum Gasteiger partial charge on any atom is 0.251 e. The van der Waals surface area contributed by atoms with E-state index in [1.165, 1.54) is 5.56 Å². The summed E-state index contributed by atoms with van der Waals surface area (Å²) in [7, 11) is 0. The van der Waals surface area contributed by atoms with Gasteiger partial charge in [-0.15, -0.1) is 0 Å². The van der Waals surface area contributed by atoms with E-state index in [0.717, 1.165) is 78.2 Å². The van der Waals surface area contributed by atoms with Crippen LogP contribution in [0.4, 0.5) is 0 Å². The zero-order valence-corrected chi connectivity index (χ0v) is 15.4. The molecule has 0 aliphatic carbocycles. The molecule has 6 heteroatoms. The highest BCUT2D eigenvalue weighted by molar-refractivity contribution is 5.81. The van der Waals surface area contributed by atoms with Gasteiger partial charge >= 0.3 is 0 Å². The average Bonchev–Trinajstić information content (AvgIpc) is 3.14. The molecule has 3 saturated heterocycles. The third-order valence-corrected chi connectivity index (χ3v) is 5.99. The number of hydrogen-bond donors (Lipinski definition) is 0. The van der Waals surface area contributed by atoms with Gasteiger partial charge in [0.15, 0.2) is 0 Å². The van der Waals surface area contributed by atoms with Crippen molar-refractivity contribution in [2.75, 3.05) is 46.0 Å². The average molecular weight is 359 g/mol. The van der Waals surface area contributed by atoms with Crippen molar-refractivity contribution in [2.24, 2.45) is 5.41 Å². The lowest BCUT2D eigenvalue weighted by atomic mass is 9.78. The van der Waals surface area contributed by atoms with E-state index in [9.17, 15) is 4.79 Å². The number of aromatic nitrogens is 1. The molecule has 6 nitrogen and oxygen atoms in total. The summed E-state index contributed by atoms with van der Waals surface area (Å²) in [6, 6.07) is 4.13. The summed E-state index contributed by atoms with van der Waals surface area (Å²) < 4.78 is 11.5. The van der Waals surface area contributed by atoms with Gasteiger partial charge in [0, 0.05) is 57.1 Å². The van der Waals surface area contributed by atoms with E-state index in [1.54, 1.807) is 0 Å². The van der Waals surface area contributed by atoms with Crippen LogP contribution in [0.25, 0.3) is 0 Å². The van der Waals surface area contributed by atoms with Crippen LogP contribution < -0.4 is 0 Å². The van der Waals surface area contributed by atoms with Crippen molar-refractivity contribution in [1.29, 1.82) is 0 Å². The highest BCUT2D eigenvalue weighted by Gasteiger charge is 2.40. The minimum atomic E-state index is -0.198. The first-order valence-corrected chi connectivity index (χ1v) is 9.84. The van der Waals surface area contributed by atoms with Crippen LogP contribution >= 0.6 is 0 Å². The Kier molecular flexibility index (Phi) is 5.52. The molecule has 3 fully saturated rings. The Morgan fingerprint density at radius 3 is 2.88 bits per heavy atom. The summed E-state index contributed by atoms with van der Waals surface area (Å²) in [6.45, 7) is 6.85. The summed E-state index contributed by atoms with van der Waals surface area (Å²) in [5, 5.41) is 0. The van der Waals surface area contributed by atoms with Gasteiger partial charge in [-0.3, -0.25) is 14.7 Å². The number of carbonyl (C=O) groups is 1. The van der Waals surface area contributed by atoms with E-state index in [1.807, 2.05) is 23.4 Å². The molecule has 1 unspecified atom stereocenters. The topological polar surface area (TPSA) is 54.9 Å². The standard InChI is InChI=1S/C20H29N3O3/c24-19(18-4-2-11-26-18)23-8-5-20(6-9-23)15-22(10-12-25-16-20)14-17-3-1-7-21-13-17/h1,3,7,13,18H,2,4-6,8-12,14-16H2. The second kappa shape index (κ2) is 8.03. The largest absolute Gasteiger partial charge is 0.379 e. The first-order chi connectivity index (χ1) is 12.7. The lowest BCUT2D eigenvalue weighted by molar-refractivity contribution is -0.144. The van der Waals surface area contributed by atoms with Crippen LogP contribution in [0.1, 0.15) is 31.2 Å². The second-order valence-corrected chi connectivity index (χ2v) is 7.95. The molecule has 1 atom stereocenters. The fourth-order valence-corrected chi connectivity index (χ4v) is 4.45. The van der Waals surface area contributed by atoms with E-state index in [-0.39, 0.29) is 17.4 Å². The SMILES string of the molecule is O=C(C1CCCO1)N1CCC2(CC1)COCCN(Cc1cccnc1)C2. The van der Waals surface area contributed by atoms with Crippen LogP contribution in [0.15, 0.2) is 24.5 Å². The van der Waals surface area contributed by atoms with Gasteiger partial charge in [0.2, 0.25) is 0 Å². The molecule has 3 aliphatic rings. The Morgan fingerprint density at radius 2 is 2.15 bits per heavy atom. The molecule has 1 amide bonds. The molecule has 3 aliphatic heterocycles. The van der Waals surface area contributed by atoms with Gasteiger partial charge in [-0.05, 0) is 37.3 Å². The van der Waals surface area contributed by atoms with Crippen molar-refractivity contribution < 1.29 is 14.3 Å². The minimum absolute atomic E-state index is 0.159. The highest BCUT2D eigenvalue weighted by atomic mass is 16.5. The van der Waals surface area contributed by atoms with E-state index < -0.39 is 0 Å². The number of likely N-dealkylation sites (tertiary alicyclic amines) is 1. The predicted molar refractivity (Wildman–Crippen MR) is 97.6 cm³/mol. The molecule has 1 aromatic rings. The summed E-state index contributed by atoms with van der Waals surface area (Å²) in [5.41, 5.74) is 1.40. The molecule has 0 aromatic carbocycles. The van der Waals surface area contributed by atoms with E-state index in [0.29, 0.717) is 0 Å². The Labute approximate surface area is 155 Å². The van der Waals surface area contributed by atoms with Gasteiger partial charge in [-0.2, -0.15) is 0 Å². The number of pyridine rings is 1. The molecule has 1 aromatic heterocycles. The maximum atomic E-state index is 12.6. The monoisotopic (exact) mass is 359 g/mol. The van der Waals surface area contributed by atoms with Gasteiger partial charge in [0.25, 0.3) is 5.91 Å². The number of carbonyl (C=O) groups excluding carboxylic acids is 1. The van der Waals surface area contributed by atoms with Gasteiger partial charge in [-0.25, -0.2) is 0 Å². The van der Waals surface area contributed by atoms with Crippen molar-refractivity contribution in [3.05, 3.63) is 30.1 Å². The van der Waals surface area contributed by atoms with Crippen molar-refractivity contribution in [3.8, 4) is 0 Å². The highest BCUT2D eigenvalue weighted by Crippen LogP contribution is 2.35. The second-order valence-electron chi connectivity index (χ2n) is 7.95. The minimum Gasteiger partial charge on any atom is -0.379 e. The van der Waals surface area contributed by atoms with Crippen LogP contribution in [-0.2, 0) is 20.8 Å². The number of hydrogen-bond acceptors (Lipinski definition) is 5. The normalized spacial score (nSPS) is 26.8. The summed E-state index contributed by atoms with van der Waals surface area (Å²) in [4.78, 5) is 21.3. The molecule has 4 rings (SSSR count). The molecular formula is C20H29N3O3. The molecular weight excluding hydrogens is 330 g/mol. The molecule has 0 radical (unpaired) electrons. The Balaban J connectivity index is 1.36. The van der Waals surface area contributed by atoms with E-state index in [2.05, 4.69) is 16.0 Å². The molecule has 1 spiro atoms. The van der Waals surface area contributed by atoms with Crippen molar-refractivity contribution in [2.45, 2.75) is 38.3 Å². The first kappa shape index (κ1) is 17.9. The summed E-state index contributed by atoms with van der Waals surface area (Å²) >= 11 is 0. The lowest BCUT2D eigenvalue weighted by Crippen LogP contribution is -2.50. The van der Waals surface area contributed by atoms with Crippen LogP contribution in [0.5, 0.6) is 0 Å². The van der Waals surface area contributed by atoms with Crippen molar-refractivity contribution in [1.82, 2.24) is 14.8 Å². The van der Waals surface area contributed by atoms with Crippen molar-refractivity contribution >= 4 is 5.91 Å². The van der Waals surface area contributed by atoms with E-state index >= 15 is 0 Å². The zero-order chi connectivity index (χ0) is 17.8. The molecule has 26 heavy (non-hydrogen) atoms. The third-order valence-electron chi connectivity index (χ3n) is 5.99. The number of piperidine rings is 1. The molecule has 0 bridgehead atoms. The van der Waals surface area contributed by atoms with Crippen LogP contribution in [0, 0.1) is 5.41 Å². The molecule has 0 N–H and O–H groups in total. The molecule has 142 valence electrons. The number of ether oxygens (including phenoxy) is 2. The Hall–Kier alpha value is -1.50. The van der Waals surface area contributed by atoms with Gasteiger partial charge in [-0.1, -0.05) is 6.07 Å². The van der Waals surface area contributed by atoms with Crippen LogP contribution in [0.3, 0.4) is 0 Å². The van der Waals surface area contributed by atoms with Crippen LogP contribution in [-0.4, -0.2) is 72.8 Å². The number of amides is 1. The summed E-state index contributed by atoms with van der Waals surface area (Å²) in [6.07, 6.45) is 7.47. The number of rotatable bonds is 3. The lowest BCUT2D eigenvalue weighted by Gasteiger charge is -2.43. The fraction of sp³-hybridized carbons (Fsp3) is 0.700. The first-order valence-electron chi connectivity index (χ1n) is 9.84. The van der Waals surface area contributed by atoms with Crippen LogP contribution in [0.2, 0.25) is 0 Å².